The van der Waals surface area contributed by atoms with E-state index in [2.05, 4.69) is 12.2 Å². The van der Waals surface area contributed by atoms with Gasteiger partial charge in [0.25, 0.3) is 0 Å². The van der Waals surface area contributed by atoms with E-state index in [1.807, 2.05) is 35.2 Å². The highest BCUT2D eigenvalue weighted by atomic mass is 16.2. The summed E-state index contributed by atoms with van der Waals surface area (Å²) in [5, 5.41) is 3.06. The summed E-state index contributed by atoms with van der Waals surface area (Å²) in [6.07, 6.45) is 5.21. The monoisotopic (exact) mass is 300 g/mol. The molecule has 1 heterocycles. The van der Waals surface area contributed by atoms with Crippen LogP contribution in [0.4, 0.5) is 0 Å². The first kappa shape index (κ1) is 15.1. The molecule has 1 saturated heterocycles. The zero-order chi connectivity index (χ0) is 15.6. The van der Waals surface area contributed by atoms with Crippen molar-refractivity contribution in [1.29, 1.82) is 0 Å². The third kappa shape index (κ3) is 2.62. The van der Waals surface area contributed by atoms with Crippen molar-refractivity contribution in [2.45, 2.75) is 63.6 Å². The van der Waals surface area contributed by atoms with Crippen molar-refractivity contribution in [3.05, 3.63) is 35.9 Å². The fourth-order valence-corrected chi connectivity index (χ4v) is 3.77. The van der Waals surface area contributed by atoms with Gasteiger partial charge in [-0.3, -0.25) is 9.59 Å². The van der Waals surface area contributed by atoms with Gasteiger partial charge in [0.15, 0.2) is 0 Å². The van der Waals surface area contributed by atoms with Gasteiger partial charge in [-0.25, -0.2) is 0 Å². The minimum absolute atomic E-state index is 0.0271. The van der Waals surface area contributed by atoms with Gasteiger partial charge in [-0.05, 0) is 24.8 Å². The van der Waals surface area contributed by atoms with Crippen LogP contribution in [0.3, 0.4) is 0 Å². The maximum Gasteiger partial charge on any atom is 0.249 e. The summed E-state index contributed by atoms with van der Waals surface area (Å²) >= 11 is 0. The maximum absolute atomic E-state index is 13.1. The number of nitrogens with one attached hydrogen (secondary N) is 1. The first-order valence-electron chi connectivity index (χ1n) is 8.33. The van der Waals surface area contributed by atoms with E-state index in [4.69, 9.17) is 0 Å². The molecule has 1 unspecified atom stereocenters. The molecule has 1 aromatic rings. The van der Waals surface area contributed by atoms with Crippen molar-refractivity contribution in [2.24, 2.45) is 0 Å². The highest BCUT2D eigenvalue weighted by Crippen LogP contribution is 2.35. The molecule has 0 radical (unpaired) electrons. The van der Waals surface area contributed by atoms with Gasteiger partial charge in [0.05, 0.1) is 0 Å². The minimum atomic E-state index is -0.629. The molecule has 22 heavy (non-hydrogen) atoms. The lowest BCUT2D eigenvalue weighted by Gasteiger charge is -2.44. The zero-order valence-electron chi connectivity index (χ0n) is 13.2. The summed E-state index contributed by atoms with van der Waals surface area (Å²) in [5.41, 5.74) is 0.454. The van der Waals surface area contributed by atoms with Gasteiger partial charge in [0.1, 0.15) is 11.6 Å². The van der Waals surface area contributed by atoms with Crippen LogP contribution in [-0.4, -0.2) is 28.3 Å². The fourth-order valence-electron chi connectivity index (χ4n) is 3.77. The van der Waals surface area contributed by atoms with Crippen molar-refractivity contribution in [1.82, 2.24) is 10.2 Å². The lowest BCUT2D eigenvalue weighted by molar-refractivity contribution is -0.156. The number of hydrogen-bond donors (Lipinski definition) is 1. The molecular weight excluding hydrogens is 276 g/mol. The van der Waals surface area contributed by atoms with Crippen LogP contribution in [0, 0.1) is 0 Å². The summed E-state index contributed by atoms with van der Waals surface area (Å²) in [6, 6.07) is 9.63. The summed E-state index contributed by atoms with van der Waals surface area (Å²) in [4.78, 5) is 27.5. The molecule has 4 nitrogen and oxygen atoms in total. The average molecular weight is 300 g/mol. The van der Waals surface area contributed by atoms with Gasteiger partial charge in [-0.1, -0.05) is 56.5 Å². The number of hydrogen-bond acceptors (Lipinski definition) is 2. The Hall–Kier alpha value is -1.84. The summed E-state index contributed by atoms with van der Waals surface area (Å²) in [6.45, 7) is 2.58. The third-order valence-electron chi connectivity index (χ3n) is 4.93. The van der Waals surface area contributed by atoms with Crippen LogP contribution in [-0.2, 0) is 16.1 Å². The largest absolute Gasteiger partial charge is 0.340 e. The second-order valence-electron chi connectivity index (χ2n) is 6.50. The Morgan fingerprint density at radius 2 is 1.86 bits per heavy atom. The highest BCUT2D eigenvalue weighted by molar-refractivity contribution is 6.00. The Labute approximate surface area is 131 Å². The Morgan fingerprint density at radius 3 is 2.50 bits per heavy atom. The molecule has 1 aromatic carbocycles. The third-order valence-corrected chi connectivity index (χ3v) is 4.93. The lowest BCUT2D eigenvalue weighted by Crippen LogP contribution is -2.69. The van der Waals surface area contributed by atoms with Crippen LogP contribution in [0.25, 0.3) is 0 Å². The van der Waals surface area contributed by atoms with E-state index in [9.17, 15) is 9.59 Å². The number of carbonyl (C=O) groups is 2. The van der Waals surface area contributed by atoms with Gasteiger partial charge < -0.3 is 10.2 Å². The number of nitrogens with zero attached hydrogens (tertiary/aromatic N) is 1. The van der Waals surface area contributed by atoms with Crippen LogP contribution in [0.5, 0.6) is 0 Å². The van der Waals surface area contributed by atoms with Crippen molar-refractivity contribution < 1.29 is 9.59 Å². The molecular formula is C18H24N2O2. The normalized spacial score (nSPS) is 23.9. The number of carbonyl (C=O) groups excluding carboxylic acids is 2. The van der Waals surface area contributed by atoms with Gasteiger partial charge in [0.2, 0.25) is 11.8 Å². The Kier molecular flexibility index (Phi) is 4.19. The second kappa shape index (κ2) is 6.11. The van der Waals surface area contributed by atoms with E-state index in [-0.39, 0.29) is 17.9 Å². The van der Waals surface area contributed by atoms with E-state index < -0.39 is 5.54 Å². The van der Waals surface area contributed by atoms with Crippen LogP contribution < -0.4 is 5.32 Å². The van der Waals surface area contributed by atoms with Crippen molar-refractivity contribution in [2.75, 3.05) is 0 Å². The van der Waals surface area contributed by atoms with Gasteiger partial charge in [-0.15, -0.1) is 0 Å². The number of benzene rings is 1. The quantitative estimate of drug-likeness (QED) is 0.929. The van der Waals surface area contributed by atoms with Gasteiger partial charge in [-0.2, -0.15) is 0 Å². The summed E-state index contributed by atoms with van der Waals surface area (Å²) in [7, 11) is 0. The first-order chi connectivity index (χ1) is 10.7. The highest BCUT2D eigenvalue weighted by Gasteiger charge is 2.51. The van der Waals surface area contributed by atoms with E-state index in [1.165, 1.54) is 0 Å². The minimum Gasteiger partial charge on any atom is -0.340 e. The van der Waals surface area contributed by atoms with Crippen LogP contribution in [0.2, 0.25) is 0 Å². The maximum atomic E-state index is 13.1. The Balaban J connectivity index is 1.89. The predicted octanol–water partition coefficient (Wildman–Crippen LogP) is 2.63. The molecule has 1 N–H and O–H groups in total. The fraction of sp³-hybridized carbons (Fsp3) is 0.556. The van der Waals surface area contributed by atoms with E-state index in [1.54, 1.807) is 0 Å². The number of piperazine rings is 1. The summed E-state index contributed by atoms with van der Waals surface area (Å²) < 4.78 is 0. The Morgan fingerprint density at radius 1 is 1.18 bits per heavy atom. The molecule has 2 fully saturated rings. The molecule has 2 amide bonds. The van der Waals surface area contributed by atoms with Gasteiger partial charge in [0, 0.05) is 6.54 Å². The summed E-state index contributed by atoms with van der Waals surface area (Å²) in [5.74, 6) is 0.145. The molecule has 1 aliphatic heterocycles. The number of rotatable bonds is 4. The average Bonchev–Trinajstić information content (AvgIpc) is 2.99. The molecule has 4 heteroatoms. The molecule has 2 aliphatic rings. The molecule has 1 atom stereocenters. The van der Waals surface area contributed by atoms with E-state index >= 15 is 0 Å². The molecule has 1 saturated carbocycles. The van der Waals surface area contributed by atoms with Crippen molar-refractivity contribution >= 4 is 11.8 Å². The number of amides is 2. The lowest BCUT2D eigenvalue weighted by atomic mass is 9.89. The molecule has 118 valence electrons. The smallest absolute Gasteiger partial charge is 0.249 e. The van der Waals surface area contributed by atoms with E-state index in [0.29, 0.717) is 6.54 Å². The van der Waals surface area contributed by atoms with Crippen LogP contribution in [0.1, 0.15) is 51.0 Å². The Bertz CT molecular complexity index is 549. The standard InChI is InChI=1S/C18H24N2O2/c1-2-8-15-16(21)19-18(11-6-7-12-18)17(22)20(15)13-14-9-4-3-5-10-14/h3-5,9-10,15H,2,6-8,11-13H2,1H3,(H,19,21). The topological polar surface area (TPSA) is 49.4 Å². The van der Waals surface area contributed by atoms with Crippen LogP contribution in [0.15, 0.2) is 30.3 Å². The molecule has 0 aromatic heterocycles. The predicted molar refractivity (Wildman–Crippen MR) is 85.0 cm³/mol. The van der Waals surface area contributed by atoms with Crippen molar-refractivity contribution in [3.63, 3.8) is 0 Å². The first-order valence-corrected chi connectivity index (χ1v) is 8.33. The van der Waals surface area contributed by atoms with Crippen LogP contribution >= 0.6 is 0 Å². The van der Waals surface area contributed by atoms with Crippen molar-refractivity contribution in [3.8, 4) is 0 Å². The SMILES string of the molecule is CCCC1C(=O)NC2(CCCC2)C(=O)N1Cc1ccccc1. The van der Waals surface area contributed by atoms with Gasteiger partial charge >= 0.3 is 0 Å². The molecule has 1 spiro atoms. The van der Waals surface area contributed by atoms with E-state index in [0.717, 1.165) is 44.1 Å². The molecule has 0 bridgehead atoms. The molecule has 3 rings (SSSR count). The second-order valence-corrected chi connectivity index (χ2v) is 6.50. The molecule has 1 aliphatic carbocycles. The zero-order valence-corrected chi connectivity index (χ0v) is 13.2.